The number of epoxide rings is 1. The van der Waals surface area contributed by atoms with E-state index in [1.807, 2.05) is 0 Å². The molecule has 10 atom stereocenters. The molecule has 0 aromatic rings. The van der Waals surface area contributed by atoms with Crippen LogP contribution in [0.2, 0.25) is 0 Å². The second-order valence-corrected chi connectivity index (χ2v) is 10.7. The first-order valence-corrected chi connectivity index (χ1v) is 11.0. The second kappa shape index (κ2) is 4.80. The van der Waals surface area contributed by atoms with Gasteiger partial charge in [-0.15, -0.1) is 0 Å². The minimum Gasteiger partial charge on any atom is -0.393 e. The number of fused-ring (bicyclic) bond motifs is 5. The fourth-order valence-electron chi connectivity index (χ4n) is 9.27. The van der Waals surface area contributed by atoms with Crippen LogP contribution in [0.5, 0.6) is 0 Å². The SMILES string of the molecule is C[C@]12CC[C@@H](O)C[C@@H]1CC[C@@H]1[C@@H]2CC[C@]23[C@@H](CC[C@H]4O[C@@H]42)CC[C@@H]13. The van der Waals surface area contributed by atoms with Crippen LogP contribution >= 0.6 is 0 Å². The van der Waals surface area contributed by atoms with E-state index in [0.717, 1.165) is 42.4 Å². The van der Waals surface area contributed by atoms with Gasteiger partial charge in [-0.25, -0.2) is 0 Å². The van der Waals surface area contributed by atoms with Gasteiger partial charge in [0.25, 0.3) is 0 Å². The number of rotatable bonds is 0. The normalized spacial score (nSPS) is 64.2. The zero-order valence-corrected chi connectivity index (χ0v) is 15.3. The molecule has 1 N–H and O–H groups in total. The highest BCUT2D eigenvalue weighted by atomic mass is 16.6. The molecule has 1 heterocycles. The van der Waals surface area contributed by atoms with Gasteiger partial charge in [0.15, 0.2) is 0 Å². The van der Waals surface area contributed by atoms with Crippen LogP contribution < -0.4 is 0 Å². The van der Waals surface area contributed by atoms with Gasteiger partial charge in [0.05, 0.1) is 18.3 Å². The zero-order valence-electron chi connectivity index (χ0n) is 15.3. The highest BCUT2D eigenvalue weighted by Gasteiger charge is 2.70. The number of ether oxygens (including phenoxy) is 1. The molecule has 0 amide bonds. The van der Waals surface area contributed by atoms with Gasteiger partial charge in [-0.1, -0.05) is 6.92 Å². The number of aliphatic hydroxyl groups excluding tert-OH is 1. The van der Waals surface area contributed by atoms with E-state index < -0.39 is 0 Å². The van der Waals surface area contributed by atoms with Gasteiger partial charge < -0.3 is 9.84 Å². The van der Waals surface area contributed by atoms with E-state index in [0.29, 0.717) is 23.0 Å². The maximum absolute atomic E-state index is 10.2. The van der Waals surface area contributed by atoms with Crippen molar-refractivity contribution in [1.82, 2.24) is 0 Å². The van der Waals surface area contributed by atoms with Gasteiger partial charge in [0.1, 0.15) is 0 Å². The Morgan fingerprint density at radius 2 is 1.67 bits per heavy atom. The summed E-state index contributed by atoms with van der Waals surface area (Å²) in [6, 6.07) is 0. The molecule has 0 unspecified atom stereocenters. The third-order valence-corrected chi connectivity index (χ3v) is 10.3. The lowest BCUT2D eigenvalue weighted by molar-refractivity contribution is -0.136. The number of hydrogen-bond acceptors (Lipinski definition) is 2. The van der Waals surface area contributed by atoms with Crippen LogP contribution in [0.3, 0.4) is 0 Å². The van der Waals surface area contributed by atoms with Crippen molar-refractivity contribution in [2.24, 2.45) is 40.4 Å². The molecular formula is C22H34O2. The van der Waals surface area contributed by atoms with Crippen LogP contribution in [0.4, 0.5) is 0 Å². The van der Waals surface area contributed by atoms with E-state index in [1.165, 1.54) is 57.8 Å². The predicted octanol–water partition coefficient (Wildman–Crippen LogP) is 4.55. The highest BCUT2D eigenvalue weighted by molar-refractivity contribution is 5.18. The Balaban J connectivity index is 1.34. The lowest BCUT2D eigenvalue weighted by Gasteiger charge is -2.61. The Morgan fingerprint density at radius 3 is 2.58 bits per heavy atom. The van der Waals surface area contributed by atoms with Crippen LogP contribution in [-0.4, -0.2) is 23.4 Å². The maximum atomic E-state index is 10.2. The van der Waals surface area contributed by atoms with Crippen molar-refractivity contribution in [1.29, 1.82) is 0 Å². The minimum absolute atomic E-state index is 0.00983. The summed E-state index contributed by atoms with van der Waals surface area (Å²) >= 11 is 0. The first-order chi connectivity index (χ1) is 11.6. The molecule has 0 bridgehead atoms. The summed E-state index contributed by atoms with van der Waals surface area (Å²) in [7, 11) is 0. The van der Waals surface area contributed by atoms with Crippen molar-refractivity contribution in [3.8, 4) is 0 Å². The summed E-state index contributed by atoms with van der Waals surface area (Å²) in [5, 5.41) is 10.2. The molecular weight excluding hydrogens is 296 g/mol. The smallest absolute Gasteiger partial charge is 0.0903 e. The van der Waals surface area contributed by atoms with Crippen molar-refractivity contribution in [2.45, 2.75) is 95.9 Å². The Hall–Kier alpha value is -0.0800. The quantitative estimate of drug-likeness (QED) is 0.661. The Kier molecular flexibility index (Phi) is 3.00. The Morgan fingerprint density at radius 1 is 0.833 bits per heavy atom. The standard InChI is InChI=1S/C22H34O2/c1-21-10-8-15(23)12-14(21)2-5-16-17(21)9-11-22-13(3-6-18(16)22)4-7-19-20(22)24-19/h13-20,23H,2-12H2,1H3/t13-,14+,15-,16-,17+,18+,19-,20+,21+,22-/m1/s1. The van der Waals surface area contributed by atoms with E-state index in [4.69, 9.17) is 4.74 Å². The van der Waals surface area contributed by atoms with Gasteiger partial charge in [0, 0.05) is 5.41 Å². The van der Waals surface area contributed by atoms with Gasteiger partial charge >= 0.3 is 0 Å². The molecule has 0 radical (unpaired) electrons. The number of hydrogen-bond donors (Lipinski definition) is 1. The largest absolute Gasteiger partial charge is 0.393 e. The monoisotopic (exact) mass is 330 g/mol. The minimum atomic E-state index is -0.00983. The van der Waals surface area contributed by atoms with Gasteiger partial charge in [-0.2, -0.15) is 0 Å². The average Bonchev–Trinajstić information content (AvgIpc) is 3.28. The molecule has 6 rings (SSSR count). The molecule has 1 spiro atoms. The lowest BCUT2D eigenvalue weighted by atomic mass is 9.43. The number of aliphatic hydroxyl groups is 1. The van der Waals surface area contributed by atoms with Crippen LogP contribution in [0.25, 0.3) is 0 Å². The molecule has 5 saturated carbocycles. The summed E-state index contributed by atoms with van der Waals surface area (Å²) in [6.07, 6.45) is 16.3. The van der Waals surface area contributed by atoms with Crippen molar-refractivity contribution >= 4 is 0 Å². The predicted molar refractivity (Wildman–Crippen MR) is 93.4 cm³/mol. The average molecular weight is 331 g/mol. The molecule has 6 aliphatic rings. The molecule has 2 nitrogen and oxygen atoms in total. The first-order valence-electron chi connectivity index (χ1n) is 11.0. The third-order valence-electron chi connectivity index (χ3n) is 10.3. The van der Waals surface area contributed by atoms with Crippen molar-refractivity contribution in [2.75, 3.05) is 0 Å². The van der Waals surface area contributed by atoms with E-state index in [9.17, 15) is 5.11 Å². The van der Waals surface area contributed by atoms with Gasteiger partial charge in [-0.05, 0) is 106 Å². The second-order valence-electron chi connectivity index (χ2n) is 10.7. The van der Waals surface area contributed by atoms with Crippen molar-refractivity contribution in [3.63, 3.8) is 0 Å². The summed E-state index contributed by atoms with van der Waals surface area (Å²) in [6.45, 7) is 2.61. The van der Waals surface area contributed by atoms with Crippen LogP contribution in [0.1, 0.15) is 77.6 Å². The highest BCUT2D eigenvalue weighted by Crippen LogP contribution is 2.72. The molecule has 2 heteroatoms. The van der Waals surface area contributed by atoms with E-state index in [1.54, 1.807) is 0 Å². The lowest BCUT2D eigenvalue weighted by Crippen LogP contribution is -2.56. The van der Waals surface area contributed by atoms with E-state index in [-0.39, 0.29) is 6.10 Å². The summed E-state index contributed by atoms with van der Waals surface area (Å²) in [5.41, 5.74) is 1.13. The molecule has 1 aliphatic heterocycles. The summed E-state index contributed by atoms with van der Waals surface area (Å²) < 4.78 is 6.24. The molecule has 0 aromatic heterocycles. The first kappa shape index (κ1) is 15.0. The van der Waals surface area contributed by atoms with Crippen molar-refractivity contribution in [3.05, 3.63) is 0 Å². The molecule has 0 aromatic carbocycles. The Bertz CT molecular complexity index is 546. The fraction of sp³-hybridized carbons (Fsp3) is 1.00. The van der Waals surface area contributed by atoms with Crippen LogP contribution in [0, 0.1) is 40.4 Å². The topological polar surface area (TPSA) is 32.8 Å². The van der Waals surface area contributed by atoms with Gasteiger partial charge in [-0.3, -0.25) is 0 Å². The van der Waals surface area contributed by atoms with E-state index in [2.05, 4.69) is 6.92 Å². The zero-order chi connectivity index (χ0) is 16.1. The van der Waals surface area contributed by atoms with Gasteiger partial charge in [0.2, 0.25) is 0 Å². The third kappa shape index (κ3) is 1.71. The maximum Gasteiger partial charge on any atom is 0.0903 e. The Labute approximate surface area is 146 Å². The summed E-state index contributed by atoms with van der Waals surface area (Å²) in [5.74, 6) is 4.68. The molecule has 24 heavy (non-hydrogen) atoms. The molecule has 134 valence electrons. The molecule has 5 aliphatic carbocycles. The summed E-state index contributed by atoms with van der Waals surface area (Å²) in [4.78, 5) is 0. The van der Waals surface area contributed by atoms with Crippen molar-refractivity contribution < 1.29 is 9.84 Å². The molecule has 6 fully saturated rings. The van der Waals surface area contributed by atoms with Crippen LogP contribution in [0.15, 0.2) is 0 Å². The fourth-order valence-corrected chi connectivity index (χ4v) is 9.27. The van der Waals surface area contributed by atoms with Crippen LogP contribution in [-0.2, 0) is 4.74 Å². The molecule has 1 saturated heterocycles. The van der Waals surface area contributed by atoms with E-state index >= 15 is 0 Å².